The summed E-state index contributed by atoms with van der Waals surface area (Å²) in [5.41, 5.74) is 2.58. The molecule has 0 unspecified atom stereocenters. The number of fused-ring (bicyclic) bond motifs is 1. The van der Waals surface area contributed by atoms with Crippen molar-refractivity contribution in [2.45, 2.75) is 6.54 Å². The van der Waals surface area contributed by atoms with E-state index in [0.717, 1.165) is 18.7 Å². The Morgan fingerprint density at radius 2 is 1.61 bits per heavy atom. The van der Waals surface area contributed by atoms with Gasteiger partial charge in [-0.15, -0.1) is 0 Å². The molecule has 4 heteroatoms. The standard InChI is InChI=1S/C24H21NO3/c26-22-16-23(19-9-5-2-6-10-19)28-24-15-20(11-12-21(22)24)27-14-13-25-17-18-7-3-1-4-8-18/h1-12,15-16,25H,13-14,17H2. The molecule has 1 heterocycles. The Hall–Kier alpha value is -3.37. The van der Waals surface area contributed by atoms with Crippen molar-refractivity contribution in [3.05, 3.63) is 101 Å². The largest absolute Gasteiger partial charge is 0.492 e. The molecule has 4 rings (SSSR count). The summed E-state index contributed by atoms with van der Waals surface area (Å²) in [6.45, 7) is 2.05. The normalized spacial score (nSPS) is 10.9. The van der Waals surface area contributed by atoms with Crippen LogP contribution < -0.4 is 15.5 Å². The summed E-state index contributed by atoms with van der Waals surface area (Å²) >= 11 is 0. The van der Waals surface area contributed by atoms with Crippen molar-refractivity contribution >= 4 is 11.0 Å². The van der Waals surface area contributed by atoms with Crippen LogP contribution in [0, 0.1) is 0 Å². The van der Waals surface area contributed by atoms with Crippen molar-refractivity contribution in [2.75, 3.05) is 13.2 Å². The summed E-state index contributed by atoms with van der Waals surface area (Å²) in [6.07, 6.45) is 0. The summed E-state index contributed by atoms with van der Waals surface area (Å²) in [4.78, 5) is 12.4. The molecule has 0 amide bonds. The Kier molecular flexibility index (Phi) is 5.50. The van der Waals surface area contributed by atoms with Gasteiger partial charge in [0.25, 0.3) is 0 Å². The van der Waals surface area contributed by atoms with Crippen molar-refractivity contribution in [3.63, 3.8) is 0 Å². The molecule has 0 fully saturated rings. The van der Waals surface area contributed by atoms with Crippen LogP contribution in [0.15, 0.2) is 94.1 Å². The van der Waals surface area contributed by atoms with Crippen LogP contribution in [-0.4, -0.2) is 13.2 Å². The Morgan fingerprint density at radius 3 is 2.39 bits per heavy atom. The quantitative estimate of drug-likeness (QED) is 0.481. The van der Waals surface area contributed by atoms with E-state index in [0.29, 0.717) is 29.1 Å². The van der Waals surface area contributed by atoms with Gasteiger partial charge in [-0.05, 0) is 17.7 Å². The molecule has 140 valence electrons. The maximum Gasteiger partial charge on any atom is 0.193 e. The molecule has 0 bridgehead atoms. The van der Waals surface area contributed by atoms with E-state index in [4.69, 9.17) is 9.15 Å². The first-order valence-corrected chi connectivity index (χ1v) is 9.30. The molecule has 0 radical (unpaired) electrons. The van der Waals surface area contributed by atoms with E-state index in [-0.39, 0.29) is 5.43 Å². The number of nitrogens with one attached hydrogen (secondary N) is 1. The molecule has 0 aliphatic rings. The first-order valence-electron chi connectivity index (χ1n) is 9.30. The molecule has 0 aliphatic carbocycles. The van der Waals surface area contributed by atoms with E-state index in [2.05, 4.69) is 17.4 Å². The minimum absolute atomic E-state index is 0.0591. The predicted octanol–water partition coefficient (Wildman–Crippen LogP) is 4.63. The van der Waals surface area contributed by atoms with Gasteiger partial charge >= 0.3 is 0 Å². The van der Waals surface area contributed by atoms with Crippen LogP contribution in [0.25, 0.3) is 22.3 Å². The van der Waals surface area contributed by atoms with Crippen LogP contribution in [0.1, 0.15) is 5.56 Å². The fraction of sp³-hybridized carbons (Fsp3) is 0.125. The Bertz CT molecular complexity index is 1100. The summed E-state index contributed by atoms with van der Waals surface area (Å²) in [7, 11) is 0. The third-order valence-electron chi connectivity index (χ3n) is 4.48. The Morgan fingerprint density at radius 1 is 0.857 bits per heavy atom. The molecular weight excluding hydrogens is 350 g/mol. The molecule has 3 aromatic carbocycles. The molecule has 1 N–H and O–H groups in total. The van der Waals surface area contributed by atoms with Gasteiger partial charge in [-0.1, -0.05) is 60.7 Å². The Labute approximate surface area is 163 Å². The fourth-order valence-electron chi connectivity index (χ4n) is 3.04. The second kappa shape index (κ2) is 8.55. The van der Waals surface area contributed by atoms with E-state index >= 15 is 0 Å². The van der Waals surface area contributed by atoms with Crippen LogP contribution in [0.4, 0.5) is 0 Å². The van der Waals surface area contributed by atoms with Crippen LogP contribution in [0.3, 0.4) is 0 Å². The lowest BCUT2D eigenvalue weighted by Crippen LogP contribution is -2.20. The fourth-order valence-corrected chi connectivity index (χ4v) is 3.04. The van der Waals surface area contributed by atoms with E-state index in [9.17, 15) is 4.79 Å². The first-order chi connectivity index (χ1) is 13.8. The monoisotopic (exact) mass is 371 g/mol. The second-order valence-electron chi connectivity index (χ2n) is 6.51. The zero-order chi connectivity index (χ0) is 19.2. The van der Waals surface area contributed by atoms with Crippen molar-refractivity contribution in [3.8, 4) is 17.1 Å². The van der Waals surface area contributed by atoms with Gasteiger partial charge in [0.2, 0.25) is 0 Å². The van der Waals surface area contributed by atoms with Gasteiger partial charge in [0, 0.05) is 30.8 Å². The van der Waals surface area contributed by atoms with Crippen LogP contribution in [0.2, 0.25) is 0 Å². The van der Waals surface area contributed by atoms with Crippen molar-refractivity contribution in [1.29, 1.82) is 0 Å². The molecule has 0 saturated carbocycles. The maximum atomic E-state index is 12.4. The van der Waals surface area contributed by atoms with E-state index in [1.54, 1.807) is 18.2 Å². The average Bonchev–Trinajstić information content (AvgIpc) is 2.74. The number of hydrogen-bond acceptors (Lipinski definition) is 4. The predicted molar refractivity (Wildman–Crippen MR) is 112 cm³/mol. The summed E-state index contributed by atoms with van der Waals surface area (Å²) in [5, 5.41) is 3.90. The highest BCUT2D eigenvalue weighted by molar-refractivity contribution is 5.80. The lowest BCUT2D eigenvalue weighted by molar-refractivity contribution is 0.313. The van der Waals surface area contributed by atoms with Gasteiger partial charge in [0.1, 0.15) is 23.7 Å². The second-order valence-corrected chi connectivity index (χ2v) is 6.51. The highest BCUT2D eigenvalue weighted by Gasteiger charge is 2.08. The number of ether oxygens (including phenoxy) is 1. The molecule has 28 heavy (non-hydrogen) atoms. The minimum atomic E-state index is -0.0591. The third-order valence-corrected chi connectivity index (χ3v) is 4.48. The lowest BCUT2D eigenvalue weighted by Gasteiger charge is -2.09. The number of hydrogen-bond donors (Lipinski definition) is 1. The van der Waals surface area contributed by atoms with E-state index < -0.39 is 0 Å². The summed E-state index contributed by atoms with van der Waals surface area (Å²) in [6, 6.07) is 26.7. The van der Waals surface area contributed by atoms with Gasteiger partial charge in [-0.3, -0.25) is 4.79 Å². The molecule has 0 atom stereocenters. The highest BCUT2D eigenvalue weighted by atomic mass is 16.5. The van der Waals surface area contributed by atoms with Gasteiger partial charge in [-0.25, -0.2) is 0 Å². The number of benzene rings is 3. The summed E-state index contributed by atoms with van der Waals surface area (Å²) in [5.74, 6) is 1.24. The van der Waals surface area contributed by atoms with Gasteiger partial charge in [0.15, 0.2) is 5.43 Å². The summed E-state index contributed by atoms with van der Waals surface area (Å²) < 4.78 is 11.8. The SMILES string of the molecule is O=c1cc(-c2ccccc2)oc2cc(OCCNCc3ccccc3)ccc12. The highest BCUT2D eigenvalue weighted by Crippen LogP contribution is 2.24. The van der Waals surface area contributed by atoms with Crippen LogP contribution in [0.5, 0.6) is 5.75 Å². The number of rotatable bonds is 7. The van der Waals surface area contributed by atoms with Crippen molar-refractivity contribution in [1.82, 2.24) is 5.32 Å². The average molecular weight is 371 g/mol. The molecule has 0 aliphatic heterocycles. The minimum Gasteiger partial charge on any atom is -0.492 e. The molecule has 4 aromatic rings. The maximum absolute atomic E-state index is 12.4. The first kappa shape index (κ1) is 18.0. The van der Waals surface area contributed by atoms with Gasteiger partial charge in [0.05, 0.1) is 5.39 Å². The van der Waals surface area contributed by atoms with Crippen LogP contribution in [-0.2, 0) is 6.54 Å². The van der Waals surface area contributed by atoms with E-state index in [1.165, 1.54) is 11.6 Å². The van der Waals surface area contributed by atoms with Crippen molar-refractivity contribution in [2.24, 2.45) is 0 Å². The van der Waals surface area contributed by atoms with E-state index in [1.807, 2.05) is 48.5 Å². The molecular formula is C24H21NO3. The molecule has 0 spiro atoms. The zero-order valence-corrected chi connectivity index (χ0v) is 15.4. The Balaban J connectivity index is 1.43. The molecule has 4 nitrogen and oxygen atoms in total. The van der Waals surface area contributed by atoms with Crippen molar-refractivity contribution < 1.29 is 9.15 Å². The zero-order valence-electron chi connectivity index (χ0n) is 15.4. The third kappa shape index (κ3) is 4.30. The smallest absolute Gasteiger partial charge is 0.193 e. The molecule has 0 saturated heterocycles. The topological polar surface area (TPSA) is 51.5 Å². The van der Waals surface area contributed by atoms with Gasteiger partial charge < -0.3 is 14.5 Å². The lowest BCUT2D eigenvalue weighted by atomic mass is 10.1. The van der Waals surface area contributed by atoms with Crippen LogP contribution >= 0.6 is 0 Å². The van der Waals surface area contributed by atoms with Gasteiger partial charge in [-0.2, -0.15) is 0 Å². The molecule has 1 aromatic heterocycles.